The number of carbonyl (C=O) groups excluding carboxylic acids is 2. The van der Waals surface area contributed by atoms with Crippen molar-refractivity contribution in [1.82, 2.24) is 4.90 Å². The van der Waals surface area contributed by atoms with Crippen molar-refractivity contribution in [2.24, 2.45) is 10.8 Å². The molecule has 1 amide bonds. The van der Waals surface area contributed by atoms with E-state index < -0.39 is 11.0 Å². The third kappa shape index (κ3) is 4.85. The number of amides is 1. The number of hydrogen-bond donors (Lipinski definition) is 0. The maximum Gasteiger partial charge on any atom is 0.410 e. The molecule has 0 N–H and O–H groups in total. The highest BCUT2D eigenvalue weighted by molar-refractivity contribution is 5.76. The lowest BCUT2D eigenvalue weighted by Gasteiger charge is -2.38. The third-order valence-electron chi connectivity index (χ3n) is 5.26. The van der Waals surface area contributed by atoms with Crippen molar-refractivity contribution in [3.05, 3.63) is 0 Å². The Hall–Kier alpha value is -1.26. The minimum Gasteiger partial charge on any atom is -0.460 e. The average molecular weight is 327 g/mol. The molecular weight excluding hydrogens is 294 g/mol. The summed E-state index contributed by atoms with van der Waals surface area (Å²) in [6.07, 6.45) is 0.817. The Kier molecular flexibility index (Phi) is 5.76. The van der Waals surface area contributed by atoms with E-state index in [1.165, 1.54) is 0 Å². The predicted molar refractivity (Wildman–Crippen MR) is 90.2 cm³/mol. The van der Waals surface area contributed by atoms with E-state index in [-0.39, 0.29) is 23.6 Å². The summed E-state index contributed by atoms with van der Waals surface area (Å²) < 4.78 is 11.2. The van der Waals surface area contributed by atoms with Crippen LogP contribution in [0.3, 0.4) is 0 Å². The smallest absolute Gasteiger partial charge is 0.410 e. The fourth-order valence-electron chi connectivity index (χ4n) is 1.88. The zero-order chi connectivity index (χ0) is 18.1. The summed E-state index contributed by atoms with van der Waals surface area (Å²) in [6, 6.07) is 0. The van der Waals surface area contributed by atoms with E-state index in [9.17, 15) is 9.59 Å². The van der Waals surface area contributed by atoms with Crippen LogP contribution in [-0.2, 0) is 14.3 Å². The molecule has 0 aromatic carbocycles. The van der Waals surface area contributed by atoms with E-state index in [1.807, 2.05) is 55.4 Å². The molecule has 5 nitrogen and oxygen atoms in total. The Labute approximate surface area is 140 Å². The molecule has 1 fully saturated rings. The Balaban J connectivity index is 2.58. The highest BCUT2D eigenvalue weighted by Crippen LogP contribution is 2.34. The third-order valence-corrected chi connectivity index (χ3v) is 5.26. The van der Waals surface area contributed by atoms with Crippen LogP contribution in [0.4, 0.5) is 4.79 Å². The van der Waals surface area contributed by atoms with Crippen LogP contribution < -0.4 is 0 Å². The highest BCUT2D eigenvalue weighted by Gasteiger charge is 2.40. The normalized spacial score (nSPS) is 19.7. The summed E-state index contributed by atoms with van der Waals surface area (Å²) in [6.45, 7) is 16.7. The molecule has 5 heteroatoms. The van der Waals surface area contributed by atoms with E-state index in [0.717, 1.165) is 6.42 Å². The van der Waals surface area contributed by atoms with E-state index >= 15 is 0 Å². The molecule has 1 unspecified atom stereocenters. The standard InChI is InChI=1S/C18H33NO4/c1-9-17(5,6)14(20)22-13-10-11-19(12-13)15(21)23-18(7,8)16(2,3)4/h13H,9-12H2,1-8H3. The van der Waals surface area contributed by atoms with Gasteiger partial charge in [0.25, 0.3) is 0 Å². The molecule has 0 aliphatic carbocycles. The van der Waals surface area contributed by atoms with Crippen LogP contribution in [-0.4, -0.2) is 41.8 Å². The van der Waals surface area contributed by atoms with E-state index in [2.05, 4.69) is 0 Å². The molecule has 1 aliphatic rings. The topological polar surface area (TPSA) is 55.8 Å². The monoisotopic (exact) mass is 327 g/mol. The number of likely N-dealkylation sites (tertiary alicyclic amines) is 1. The maximum absolute atomic E-state index is 12.4. The van der Waals surface area contributed by atoms with Gasteiger partial charge in [-0.05, 0) is 34.1 Å². The van der Waals surface area contributed by atoms with Crippen LogP contribution in [0.5, 0.6) is 0 Å². The first-order valence-electron chi connectivity index (χ1n) is 8.49. The van der Waals surface area contributed by atoms with Gasteiger partial charge in [-0.25, -0.2) is 4.79 Å². The van der Waals surface area contributed by atoms with Gasteiger partial charge in [0, 0.05) is 18.4 Å². The van der Waals surface area contributed by atoms with Gasteiger partial charge in [0.1, 0.15) is 11.7 Å². The molecular formula is C18H33NO4. The summed E-state index contributed by atoms with van der Waals surface area (Å²) in [5.74, 6) is -0.199. The molecule has 0 radical (unpaired) electrons. The van der Waals surface area contributed by atoms with Crippen molar-refractivity contribution in [1.29, 1.82) is 0 Å². The number of rotatable bonds is 4. The summed E-state index contributed by atoms with van der Waals surface area (Å²) in [4.78, 5) is 26.1. The SMILES string of the molecule is CCC(C)(C)C(=O)OC1CCN(C(=O)OC(C)(C)C(C)(C)C)C1. The second-order valence-corrected chi connectivity index (χ2v) is 8.63. The Morgan fingerprint density at radius 2 is 1.65 bits per heavy atom. The maximum atomic E-state index is 12.4. The fraction of sp³-hybridized carbons (Fsp3) is 0.889. The number of hydrogen-bond acceptors (Lipinski definition) is 4. The Bertz CT molecular complexity index is 448. The molecule has 1 heterocycles. The lowest BCUT2D eigenvalue weighted by atomic mass is 9.79. The quantitative estimate of drug-likeness (QED) is 0.732. The zero-order valence-electron chi connectivity index (χ0n) is 16.0. The van der Waals surface area contributed by atoms with Gasteiger partial charge >= 0.3 is 12.1 Å². The lowest BCUT2D eigenvalue weighted by Crippen LogP contribution is -2.45. The van der Waals surface area contributed by atoms with Crippen LogP contribution in [0.15, 0.2) is 0 Å². The van der Waals surface area contributed by atoms with Gasteiger partial charge in [0.2, 0.25) is 0 Å². The zero-order valence-corrected chi connectivity index (χ0v) is 16.0. The Morgan fingerprint density at radius 1 is 1.09 bits per heavy atom. The summed E-state index contributed by atoms with van der Waals surface area (Å²) in [5.41, 5.74) is -1.20. The minimum atomic E-state index is -0.566. The van der Waals surface area contributed by atoms with Gasteiger partial charge < -0.3 is 14.4 Å². The first-order chi connectivity index (χ1) is 10.3. The molecule has 23 heavy (non-hydrogen) atoms. The van der Waals surface area contributed by atoms with Crippen LogP contribution in [0.25, 0.3) is 0 Å². The average Bonchev–Trinajstić information content (AvgIpc) is 2.85. The number of nitrogens with zero attached hydrogens (tertiary/aromatic N) is 1. The predicted octanol–water partition coefficient (Wildman–Crippen LogP) is 4.00. The van der Waals surface area contributed by atoms with E-state index in [1.54, 1.807) is 4.90 Å². The summed E-state index contributed by atoms with van der Waals surface area (Å²) >= 11 is 0. The highest BCUT2D eigenvalue weighted by atomic mass is 16.6. The van der Waals surface area contributed by atoms with Crippen molar-refractivity contribution >= 4 is 12.1 Å². The molecule has 1 rings (SSSR count). The minimum absolute atomic E-state index is 0.153. The van der Waals surface area contributed by atoms with Crippen molar-refractivity contribution in [2.45, 2.75) is 79.9 Å². The first kappa shape index (κ1) is 19.8. The van der Waals surface area contributed by atoms with E-state index in [4.69, 9.17) is 9.47 Å². The Morgan fingerprint density at radius 3 is 2.13 bits per heavy atom. The molecule has 0 aromatic heterocycles. The van der Waals surface area contributed by atoms with Gasteiger partial charge in [0.15, 0.2) is 0 Å². The van der Waals surface area contributed by atoms with Crippen LogP contribution >= 0.6 is 0 Å². The van der Waals surface area contributed by atoms with Crippen molar-refractivity contribution in [2.75, 3.05) is 13.1 Å². The summed E-state index contributed by atoms with van der Waals surface area (Å²) in [5, 5.41) is 0. The molecule has 134 valence electrons. The fourth-order valence-corrected chi connectivity index (χ4v) is 1.88. The second-order valence-electron chi connectivity index (χ2n) is 8.63. The molecule has 1 saturated heterocycles. The van der Waals surface area contributed by atoms with Gasteiger partial charge in [-0.15, -0.1) is 0 Å². The molecule has 1 atom stereocenters. The van der Waals surface area contributed by atoms with E-state index in [0.29, 0.717) is 19.5 Å². The van der Waals surface area contributed by atoms with Crippen LogP contribution in [0, 0.1) is 10.8 Å². The largest absolute Gasteiger partial charge is 0.460 e. The van der Waals surface area contributed by atoms with Gasteiger partial charge in [-0.1, -0.05) is 27.7 Å². The van der Waals surface area contributed by atoms with Crippen molar-refractivity contribution in [3.63, 3.8) is 0 Å². The number of ether oxygens (including phenoxy) is 2. The van der Waals surface area contributed by atoms with Crippen LogP contribution in [0.2, 0.25) is 0 Å². The molecule has 0 spiro atoms. The van der Waals surface area contributed by atoms with Gasteiger partial charge in [0.05, 0.1) is 12.0 Å². The summed E-state index contributed by atoms with van der Waals surface area (Å²) in [7, 11) is 0. The van der Waals surface area contributed by atoms with Gasteiger partial charge in [-0.3, -0.25) is 4.79 Å². The number of carbonyl (C=O) groups is 2. The molecule has 0 bridgehead atoms. The van der Waals surface area contributed by atoms with Crippen molar-refractivity contribution < 1.29 is 19.1 Å². The van der Waals surface area contributed by atoms with Crippen molar-refractivity contribution in [3.8, 4) is 0 Å². The second kappa shape index (κ2) is 6.70. The number of esters is 1. The van der Waals surface area contributed by atoms with Crippen LogP contribution in [0.1, 0.15) is 68.2 Å². The lowest BCUT2D eigenvalue weighted by molar-refractivity contribution is -0.159. The van der Waals surface area contributed by atoms with Gasteiger partial charge in [-0.2, -0.15) is 0 Å². The molecule has 0 saturated carbocycles. The molecule has 0 aromatic rings. The molecule has 1 aliphatic heterocycles. The first-order valence-corrected chi connectivity index (χ1v) is 8.49.